The molecule has 25 heavy (non-hydrogen) atoms. The van der Waals surface area contributed by atoms with Crippen molar-refractivity contribution in [3.05, 3.63) is 36.4 Å². The molecule has 132 valence electrons. The van der Waals surface area contributed by atoms with Gasteiger partial charge in [0.1, 0.15) is 0 Å². The van der Waals surface area contributed by atoms with Gasteiger partial charge in [0.2, 0.25) is 5.91 Å². The number of anilines is 4. The zero-order valence-electron chi connectivity index (χ0n) is 14.8. The Morgan fingerprint density at radius 3 is 2.32 bits per heavy atom. The van der Waals surface area contributed by atoms with Crippen molar-refractivity contribution in [2.75, 3.05) is 28.6 Å². The molecule has 0 saturated carbocycles. The minimum Gasteiger partial charge on any atom is -0.372 e. The number of benzene rings is 1. The van der Waals surface area contributed by atoms with Gasteiger partial charge in [-0.3, -0.25) is 4.79 Å². The van der Waals surface area contributed by atoms with Gasteiger partial charge in [-0.15, -0.1) is 10.2 Å². The van der Waals surface area contributed by atoms with E-state index in [1.54, 1.807) is 19.1 Å². The number of piperidine rings is 1. The van der Waals surface area contributed by atoms with Gasteiger partial charge >= 0.3 is 0 Å². The van der Waals surface area contributed by atoms with E-state index in [0.717, 1.165) is 24.7 Å². The van der Waals surface area contributed by atoms with E-state index in [0.29, 0.717) is 18.1 Å². The molecular formula is C19H25N5O. The molecule has 2 N–H and O–H groups in total. The summed E-state index contributed by atoms with van der Waals surface area (Å²) in [5.74, 6) is 1.87. The van der Waals surface area contributed by atoms with Crippen molar-refractivity contribution in [3.8, 4) is 0 Å². The molecule has 6 heteroatoms. The molecule has 0 atom stereocenters. The van der Waals surface area contributed by atoms with Crippen LogP contribution in [0.3, 0.4) is 0 Å². The van der Waals surface area contributed by atoms with E-state index in [9.17, 15) is 4.79 Å². The Balaban J connectivity index is 1.58. The lowest BCUT2D eigenvalue weighted by molar-refractivity contribution is -0.115. The van der Waals surface area contributed by atoms with Crippen LogP contribution in [0.15, 0.2) is 36.4 Å². The summed E-state index contributed by atoms with van der Waals surface area (Å²) in [6.45, 7) is 6.38. The topological polar surface area (TPSA) is 70.2 Å². The first-order valence-electron chi connectivity index (χ1n) is 8.89. The van der Waals surface area contributed by atoms with Crippen molar-refractivity contribution in [1.82, 2.24) is 10.2 Å². The number of nitrogens with one attached hydrogen (secondary N) is 2. The number of rotatable bonds is 5. The molecule has 3 rings (SSSR count). The molecule has 6 nitrogen and oxygen atoms in total. The fraction of sp³-hybridized carbons (Fsp3) is 0.421. The van der Waals surface area contributed by atoms with Crippen molar-refractivity contribution in [2.45, 2.75) is 33.1 Å². The molecule has 1 aromatic carbocycles. The summed E-state index contributed by atoms with van der Waals surface area (Å²) in [6, 6.07) is 11.9. The van der Waals surface area contributed by atoms with E-state index < -0.39 is 0 Å². The highest BCUT2D eigenvalue weighted by molar-refractivity contribution is 5.89. The van der Waals surface area contributed by atoms with Gasteiger partial charge in [0.15, 0.2) is 11.6 Å². The molecule has 1 aliphatic rings. The molecule has 2 heterocycles. The van der Waals surface area contributed by atoms with Crippen LogP contribution in [-0.2, 0) is 4.79 Å². The fourth-order valence-corrected chi connectivity index (χ4v) is 2.87. The van der Waals surface area contributed by atoms with Crippen LogP contribution in [0.2, 0.25) is 0 Å². The molecule has 1 aromatic heterocycles. The summed E-state index contributed by atoms with van der Waals surface area (Å²) in [4.78, 5) is 13.8. The van der Waals surface area contributed by atoms with E-state index in [-0.39, 0.29) is 5.91 Å². The quantitative estimate of drug-likeness (QED) is 0.867. The lowest BCUT2D eigenvalue weighted by Gasteiger charge is -2.32. The van der Waals surface area contributed by atoms with Gasteiger partial charge in [-0.05, 0) is 55.2 Å². The van der Waals surface area contributed by atoms with Gasteiger partial charge in [-0.25, -0.2) is 0 Å². The largest absolute Gasteiger partial charge is 0.372 e. The van der Waals surface area contributed by atoms with Crippen LogP contribution in [0, 0.1) is 5.92 Å². The van der Waals surface area contributed by atoms with Crippen LogP contribution in [0.5, 0.6) is 0 Å². The first-order valence-corrected chi connectivity index (χ1v) is 8.89. The second kappa shape index (κ2) is 7.96. The van der Waals surface area contributed by atoms with Crippen molar-refractivity contribution >= 4 is 28.9 Å². The molecule has 0 aliphatic carbocycles. The van der Waals surface area contributed by atoms with Gasteiger partial charge in [0, 0.05) is 30.9 Å². The summed E-state index contributed by atoms with van der Waals surface area (Å²) >= 11 is 0. The van der Waals surface area contributed by atoms with E-state index in [4.69, 9.17) is 0 Å². The summed E-state index contributed by atoms with van der Waals surface area (Å²) in [7, 11) is 0. The van der Waals surface area contributed by atoms with E-state index in [1.165, 1.54) is 18.5 Å². The highest BCUT2D eigenvalue weighted by Gasteiger charge is 2.15. The molecule has 1 aliphatic heterocycles. The first-order chi connectivity index (χ1) is 12.1. The van der Waals surface area contributed by atoms with Gasteiger partial charge in [0.05, 0.1) is 0 Å². The molecule has 0 spiro atoms. The minimum atomic E-state index is -0.0716. The maximum absolute atomic E-state index is 11.3. The van der Waals surface area contributed by atoms with Crippen molar-refractivity contribution < 1.29 is 4.79 Å². The maximum Gasteiger partial charge on any atom is 0.225 e. The summed E-state index contributed by atoms with van der Waals surface area (Å²) in [5.41, 5.74) is 2.23. The summed E-state index contributed by atoms with van der Waals surface area (Å²) < 4.78 is 0. The van der Waals surface area contributed by atoms with Crippen molar-refractivity contribution in [2.24, 2.45) is 5.92 Å². The van der Waals surface area contributed by atoms with Crippen molar-refractivity contribution in [3.63, 3.8) is 0 Å². The SMILES string of the molecule is CCC(=O)Nc1ccc(Nc2ccc(N3CCC(C)CC3)cc2)nn1. The molecule has 2 aromatic rings. The average molecular weight is 339 g/mol. The third-order valence-electron chi connectivity index (χ3n) is 4.54. The standard InChI is InChI=1S/C19H25N5O/c1-3-19(25)21-18-9-8-17(22-23-18)20-15-4-6-16(7-5-15)24-12-10-14(2)11-13-24/h4-9,14H,3,10-13H2,1-2H3,(H,20,22)(H,21,23,25). The third-order valence-corrected chi connectivity index (χ3v) is 4.54. The van der Waals surface area contributed by atoms with Crippen LogP contribution in [0.1, 0.15) is 33.1 Å². The van der Waals surface area contributed by atoms with Gasteiger partial charge in [-0.1, -0.05) is 13.8 Å². The van der Waals surface area contributed by atoms with Gasteiger partial charge in [0.25, 0.3) is 0 Å². The van der Waals surface area contributed by atoms with Gasteiger partial charge < -0.3 is 15.5 Å². The molecule has 0 bridgehead atoms. The molecule has 1 amide bonds. The Morgan fingerprint density at radius 2 is 1.72 bits per heavy atom. The predicted molar refractivity (Wildman–Crippen MR) is 101 cm³/mol. The fourth-order valence-electron chi connectivity index (χ4n) is 2.87. The number of aromatic nitrogens is 2. The van der Waals surface area contributed by atoms with Crippen LogP contribution < -0.4 is 15.5 Å². The second-order valence-electron chi connectivity index (χ2n) is 6.55. The van der Waals surface area contributed by atoms with Crippen LogP contribution in [-0.4, -0.2) is 29.2 Å². The molecule has 0 radical (unpaired) electrons. The molecule has 1 fully saturated rings. The highest BCUT2D eigenvalue weighted by atomic mass is 16.1. The predicted octanol–water partition coefficient (Wildman–Crippen LogP) is 3.81. The maximum atomic E-state index is 11.3. The number of amides is 1. The number of hydrogen-bond donors (Lipinski definition) is 2. The monoisotopic (exact) mass is 339 g/mol. The smallest absolute Gasteiger partial charge is 0.225 e. The first kappa shape index (κ1) is 17.2. The average Bonchev–Trinajstić information content (AvgIpc) is 2.64. The summed E-state index contributed by atoms with van der Waals surface area (Å²) in [5, 5.41) is 14.0. The Kier molecular flexibility index (Phi) is 5.48. The molecular weight excluding hydrogens is 314 g/mol. The van der Waals surface area contributed by atoms with Gasteiger partial charge in [-0.2, -0.15) is 0 Å². The van der Waals surface area contributed by atoms with Crippen LogP contribution in [0.4, 0.5) is 23.0 Å². The van der Waals surface area contributed by atoms with E-state index in [1.807, 2.05) is 0 Å². The number of nitrogens with zero attached hydrogens (tertiary/aromatic N) is 3. The van der Waals surface area contributed by atoms with Crippen molar-refractivity contribution in [1.29, 1.82) is 0 Å². The Morgan fingerprint density at radius 1 is 1.08 bits per heavy atom. The third kappa shape index (κ3) is 4.68. The lowest BCUT2D eigenvalue weighted by atomic mass is 9.99. The number of carbonyl (C=O) groups excluding carboxylic acids is 1. The van der Waals surface area contributed by atoms with Crippen LogP contribution in [0.25, 0.3) is 0 Å². The van der Waals surface area contributed by atoms with E-state index >= 15 is 0 Å². The zero-order chi connectivity index (χ0) is 17.6. The normalized spacial score (nSPS) is 15.0. The number of carbonyl (C=O) groups is 1. The molecule has 1 saturated heterocycles. The Hall–Kier alpha value is -2.63. The second-order valence-corrected chi connectivity index (χ2v) is 6.55. The highest BCUT2D eigenvalue weighted by Crippen LogP contribution is 2.25. The summed E-state index contributed by atoms with van der Waals surface area (Å²) in [6.07, 6.45) is 2.94. The van der Waals surface area contributed by atoms with Crippen LogP contribution >= 0.6 is 0 Å². The lowest BCUT2D eigenvalue weighted by Crippen LogP contribution is -2.32. The zero-order valence-corrected chi connectivity index (χ0v) is 14.8. The number of hydrogen-bond acceptors (Lipinski definition) is 5. The Labute approximate surface area is 148 Å². The molecule has 0 unspecified atom stereocenters. The Bertz CT molecular complexity index is 691. The minimum absolute atomic E-state index is 0.0716. The van der Waals surface area contributed by atoms with E-state index in [2.05, 4.69) is 56.9 Å².